The lowest BCUT2D eigenvalue weighted by Crippen LogP contribution is -2.24. The first kappa shape index (κ1) is 17.2. The van der Waals surface area contributed by atoms with E-state index in [0.29, 0.717) is 23.4 Å². The number of fused-ring (bicyclic) bond motifs is 5. The van der Waals surface area contributed by atoms with Crippen molar-refractivity contribution < 1.29 is 0 Å². The number of allylic oxidation sites excluding steroid dienone is 2. The van der Waals surface area contributed by atoms with Crippen molar-refractivity contribution in [2.75, 3.05) is 12.3 Å². The Morgan fingerprint density at radius 3 is 3.04 bits per heavy atom. The maximum absolute atomic E-state index is 8.35. The van der Waals surface area contributed by atoms with Crippen LogP contribution in [0.2, 0.25) is 5.02 Å². The van der Waals surface area contributed by atoms with Gasteiger partial charge in [-0.1, -0.05) is 28.4 Å². The molecule has 2 bridgehead atoms. The van der Waals surface area contributed by atoms with Crippen LogP contribution in [0.4, 0.5) is 5.69 Å². The summed E-state index contributed by atoms with van der Waals surface area (Å²) in [4.78, 5) is 7.71. The van der Waals surface area contributed by atoms with Gasteiger partial charge in [-0.2, -0.15) is 0 Å². The molecule has 2 aliphatic carbocycles. The van der Waals surface area contributed by atoms with Crippen LogP contribution in [0.15, 0.2) is 35.0 Å². The van der Waals surface area contributed by atoms with Crippen LogP contribution in [0.3, 0.4) is 0 Å². The molecule has 2 aliphatic rings. The Bertz CT molecular complexity index is 929. The van der Waals surface area contributed by atoms with Crippen molar-refractivity contribution >= 4 is 28.2 Å². The Hall–Kier alpha value is -2.23. The number of nitrogen functional groups attached to an aromatic ring is 1. The maximum Gasteiger partial charge on any atom is 0.0741 e. The molecule has 1 heterocycles. The van der Waals surface area contributed by atoms with E-state index >= 15 is 0 Å². The quantitative estimate of drug-likeness (QED) is 0.233. The summed E-state index contributed by atoms with van der Waals surface area (Å²) in [6.45, 7) is 0.588. The second-order valence-electron chi connectivity index (χ2n) is 7.38. The van der Waals surface area contributed by atoms with Crippen molar-refractivity contribution in [1.29, 1.82) is 0 Å². The summed E-state index contributed by atoms with van der Waals surface area (Å²) in [7, 11) is 0. The molecule has 134 valence electrons. The molecule has 0 aliphatic heterocycles. The van der Waals surface area contributed by atoms with Gasteiger partial charge in [0.05, 0.1) is 5.52 Å². The highest BCUT2D eigenvalue weighted by Gasteiger charge is 2.33. The zero-order valence-corrected chi connectivity index (χ0v) is 15.4. The Kier molecular flexibility index (Phi) is 4.75. The van der Waals surface area contributed by atoms with Gasteiger partial charge in [0.15, 0.2) is 0 Å². The number of hydrogen-bond acceptors (Lipinski definition) is 3. The van der Waals surface area contributed by atoms with Crippen molar-refractivity contribution in [2.45, 2.75) is 44.4 Å². The normalized spacial score (nSPS) is 21.0. The molecule has 26 heavy (non-hydrogen) atoms. The van der Waals surface area contributed by atoms with Crippen LogP contribution < -0.4 is 5.73 Å². The predicted octanol–water partition coefficient (Wildman–Crippen LogP) is 5.93. The molecule has 1 aromatic heterocycles. The van der Waals surface area contributed by atoms with Crippen LogP contribution in [0, 0.1) is 5.92 Å². The highest BCUT2D eigenvalue weighted by atomic mass is 35.5. The van der Waals surface area contributed by atoms with Gasteiger partial charge in [-0.05, 0) is 74.1 Å². The fourth-order valence-electron chi connectivity index (χ4n) is 4.55. The fourth-order valence-corrected chi connectivity index (χ4v) is 4.72. The number of pyridine rings is 1. The lowest BCUT2D eigenvalue weighted by atomic mass is 9.70. The van der Waals surface area contributed by atoms with Gasteiger partial charge in [0.1, 0.15) is 0 Å². The summed E-state index contributed by atoms with van der Waals surface area (Å²) < 4.78 is 0. The number of unbranched alkanes of at least 4 members (excludes halogenated alkanes) is 1. The minimum atomic E-state index is 0.466. The van der Waals surface area contributed by atoms with E-state index in [4.69, 9.17) is 27.8 Å². The zero-order valence-electron chi connectivity index (χ0n) is 14.7. The Morgan fingerprint density at radius 2 is 2.19 bits per heavy atom. The summed E-state index contributed by atoms with van der Waals surface area (Å²) in [5, 5.41) is 5.32. The molecule has 5 nitrogen and oxygen atoms in total. The first-order chi connectivity index (χ1) is 12.7. The van der Waals surface area contributed by atoms with Gasteiger partial charge in [-0.3, -0.25) is 4.98 Å². The molecule has 1 aromatic carbocycles. The third-order valence-corrected chi connectivity index (χ3v) is 5.84. The lowest BCUT2D eigenvalue weighted by molar-refractivity contribution is 0.426. The predicted molar refractivity (Wildman–Crippen MR) is 106 cm³/mol. The molecular weight excluding hydrogens is 346 g/mol. The third kappa shape index (κ3) is 3.25. The Balaban J connectivity index is 1.58. The van der Waals surface area contributed by atoms with E-state index in [1.165, 1.54) is 17.6 Å². The summed E-state index contributed by atoms with van der Waals surface area (Å²) in [5.41, 5.74) is 20.6. The molecule has 0 amide bonds. The summed E-state index contributed by atoms with van der Waals surface area (Å²) in [6.07, 6.45) is 8.74. The van der Waals surface area contributed by atoms with E-state index in [0.717, 1.165) is 54.4 Å². The molecule has 0 radical (unpaired) electrons. The second kappa shape index (κ2) is 7.18. The molecule has 4 rings (SSSR count). The number of anilines is 1. The molecule has 2 unspecified atom stereocenters. The molecule has 0 saturated carbocycles. The van der Waals surface area contributed by atoms with Gasteiger partial charge in [0.25, 0.3) is 0 Å². The molecular formula is C20H22ClN5. The van der Waals surface area contributed by atoms with E-state index in [1.54, 1.807) is 0 Å². The summed E-state index contributed by atoms with van der Waals surface area (Å²) in [5.74, 6) is 1.02. The second-order valence-corrected chi connectivity index (χ2v) is 7.82. The first-order valence-corrected chi connectivity index (χ1v) is 9.61. The van der Waals surface area contributed by atoms with Gasteiger partial charge in [-0.25, -0.2) is 0 Å². The third-order valence-electron chi connectivity index (χ3n) is 5.61. The molecule has 0 spiro atoms. The van der Waals surface area contributed by atoms with Crippen LogP contribution in [-0.2, 0) is 6.42 Å². The highest BCUT2D eigenvalue weighted by Crippen LogP contribution is 2.47. The van der Waals surface area contributed by atoms with Crippen LogP contribution in [-0.4, -0.2) is 11.5 Å². The topological polar surface area (TPSA) is 87.7 Å². The Labute approximate surface area is 157 Å². The zero-order chi connectivity index (χ0) is 18.1. The van der Waals surface area contributed by atoms with Gasteiger partial charge in [0.2, 0.25) is 0 Å². The number of azide groups is 1. The average molecular weight is 368 g/mol. The minimum absolute atomic E-state index is 0.466. The van der Waals surface area contributed by atoms with E-state index < -0.39 is 0 Å². The van der Waals surface area contributed by atoms with Crippen LogP contribution >= 0.6 is 11.6 Å². The number of halogens is 1. The molecule has 0 fully saturated rings. The standard InChI is InChI=1S/C20H22ClN5/c21-15-4-5-16-17(11-15)25-18-10-13-7-12(3-1-2-6-24-26-23)8-14(9-13)19(18)20(16)22/h4-5,7,11,13-14H,1-3,6,8-10H2,(H2,22,25). The lowest BCUT2D eigenvalue weighted by Gasteiger charge is -2.36. The maximum atomic E-state index is 8.35. The smallest absolute Gasteiger partial charge is 0.0741 e. The fraction of sp³-hybridized carbons (Fsp3) is 0.450. The first-order valence-electron chi connectivity index (χ1n) is 9.23. The van der Waals surface area contributed by atoms with Crippen molar-refractivity contribution in [3.05, 3.63) is 56.6 Å². The number of aromatic nitrogens is 1. The van der Waals surface area contributed by atoms with Gasteiger partial charge >= 0.3 is 0 Å². The molecule has 0 saturated heterocycles. The Morgan fingerprint density at radius 1 is 1.31 bits per heavy atom. The van der Waals surface area contributed by atoms with E-state index in [9.17, 15) is 0 Å². The highest BCUT2D eigenvalue weighted by molar-refractivity contribution is 6.31. The largest absolute Gasteiger partial charge is 0.398 e. The summed E-state index contributed by atoms with van der Waals surface area (Å²) >= 11 is 6.13. The molecule has 2 N–H and O–H groups in total. The number of hydrogen-bond donors (Lipinski definition) is 1. The average Bonchev–Trinajstić information content (AvgIpc) is 2.60. The van der Waals surface area contributed by atoms with Crippen molar-refractivity contribution in [1.82, 2.24) is 4.98 Å². The minimum Gasteiger partial charge on any atom is -0.398 e. The van der Waals surface area contributed by atoms with Crippen LogP contribution in [0.25, 0.3) is 21.3 Å². The number of rotatable bonds is 5. The van der Waals surface area contributed by atoms with Crippen LogP contribution in [0.5, 0.6) is 0 Å². The molecule has 2 atom stereocenters. The summed E-state index contributed by atoms with van der Waals surface area (Å²) in [6, 6.07) is 5.78. The SMILES string of the molecule is [N-]=[N+]=NCCCCC1=CC2Cc3nc4cc(Cl)ccc4c(N)c3C(C1)C2. The van der Waals surface area contributed by atoms with Crippen molar-refractivity contribution in [3.8, 4) is 0 Å². The molecule has 6 heteroatoms. The van der Waals surface area contributed by atoms with Crippen LogP contribution in [0.1, 0.15) is 49.3 Å². The van der Waals surface area contributed by atoms with Crippen molar-refractivity contribution in [2.24, 2.45) is 11.0 Å². The van der Waals surface area contributed by atoms with E-state index in [-0.39, 0.29) is 0 Å². The number of nitrogens with zero attached hydrogens (tertiary/aromatic N) is 4. The van der Waals surface area contributed by atoms with Gasteiger partial charge in [-0.15, -0.1) is 0 Å². The van der Waals surface area contributed by atoms with E-state index in [1.807, 2.05) is 18.2 Å². The van der Waals surface area contributed by atoms with E-state index in [2.05, 4.69) is 16.1 Å². The monoisotopic (exact) mass is 367 g/mol. The van der Waals surface area contributed by atoms with Gasteiger partial charge < -0.3 is 5.73 Å². The van der Waals surface area contributed by atoms with Crippen molar-refractivity contribution in [3.63, 3.8) is 0 Å². The molecule has 2 aromatic rings. The number of nitrogens with two attached hydrogens (primary N) is 1. The van der Waals surface area contributed by atoms with Gasteiger partial charge in [0, 0.05) is 38.8 Å². The number of benzene rings is 1.